The van der Waals surface area contributed by atoms with Crippen LogP contribution in [0, 0.1) is 13.8 Å². The third-order valence-electron chi connectivity index (χ3n) is 5.99. The molecule has 1 aromatic heterocycles. The van der Waals surface area contributed by atoms with E-state index in [1.165, 1.54) is 7.11 Å². The van der Waals surface area contributed by atoms with Crippen molar-refractivity contribution in [3.63, 3.8) is 0 Å². The molecule has 33 heavy (non-hydrogen) atoms. The number of carbonyl (C=O) groups is 2. The Labute approximate surface area is 194 Å². The zero-order valence-electron chi connectivity index (χ0n) is 20.1. The van der Waals surface area contributed by atoms with E-state index in [-0.39, 0.29) is 24.9 Å². The van der Waals surface area contributed by atoms with E-state index < -0.39 is 5.97 Å². The van der Waals surface area contributed by atoms with Gasteiger partial charge in [0.15, 0.2) is 18.1 Å². The van der Waals surface area contributed by atoms with Gasteiger partial charge in [0.2, 0.25) is 11.5 Å². The van der Waals surface area contributed by atoms with Crippen molar-refractivity contribution in [3.8, 4) is 17.2 Å². The molecular weight excluding hydrogens is 426 g/mol. The van der Waals surface area contributed by atoms with Crippen molar-refractivity contribution < 1.29 is 33.3 Å². The molecule has 1 atom stereocenters. The fourth-order valence-electron chi connectivity index (χ4n) is 4.18. The average molecular weight is 460 g/mol. The van der Waals surface area contributed by atoms with E-state index in [0.29, 0.717) is 29.2 Å². The highest BCUT2D eigenvalue weighted by Gasteiger charge is 2.22. The molecule has 2 heterocycles. The van der Waals surface area contributed by atoms with Gasteiger partial charge in [-0.2, -0.15) is 0 Å². The monoisotopic (exact) mass is 459 g/mol. The highest BCUT2D eigenvalue weighted by molar-refractivity contribution is 5.99. The maximum absolute atomic E-state index is 12.7. The summed E-state index contributed by atoms with van der Waals surface area (Å²) in [6, 6.07) is 5.45. The van der Waals surface area contributed by atoms with E-state index in [1.807, 2.05) is 19.9 Å². The molecular formula is C25H33NO7. The fraction of sp³-hybridized carbons (Fsp3) is 0.520. The SMILES string of the molecule is COc1cc(CCC(=O)OCC(=O)c2cc(C)n(CC3CCCO3)c2C)cc(OC)c1OC. The number of hydrogen-bond donors (Lipinski definition) is 0. The molecule has 1 fully saturated rings. The minimum Gasteiger partial charge on any atom is -0.493 e. The number of rotatable bonds is 11. The second-order valence-electron chi connectivity index (χ2n) is 8.15. The molecule has 0 spiro atoms. The van der Waals surface area contributed by atoms with Crippen molar-refractivity contribution >= 4 is 11.8 Å². The van der Waals surface area contributed by atoms with Gasteiger partial charge in [0, 0.05) is 36.5 Å². The first kappa shape index (κ1) is 24.6. The van der Waals surface area contributed by atoms with E-state index in [4.69, 9.17) is 23.7 Å². The van der Waals surface area contributed by atoms with Gasteiger partial charge in [0.05, 0.1) is 27.4 Å². The molecule has 180 valence electrons. The number of hydrogen-bond acceptors (Lipinski definition) is 7. The van der Waals surface area contributed by atoms with Crippen molar-refractivity contribution in [2.75, 3.05) is 34.5 Å². The van der Waals surface area contributed by atoms with Crippen molar-refractivity contribution in [2.24, 2.45) is 0 Å². The zero-order chi connectivity index (χ0) is 24.0. The van der Waals surface area contributed by atoms with Crippen molar-refractivity contribution in [3.05, 3.63) is 40.7 Å². The lowest BCUT2D eigenvalue weighted by Gasteiger charge is -2.15. The van der Waals surface area contributed by atoms with Crippen LogP contribution in [0.2, 0.25) is 0 Å². The molecule has 0 bridgehead atoms. The van der Waals surface area contributed by atoms with Crippen LogP contribution < -0.4 is 14.2 Å². The number of ether oxygens (including phenoxy) is 5. The maximum Gasteiger partial charge on any atom is 0.306 e. The Morgan fingerprint density at radius 2 is 1.76 bits per heavy atom. The molecule has 8 heteroatoms. The van der Waals surface area contributed by atoms with Gasteiger partial charge in [-0.1, -0.05) is 0 Å². The van der Waals surface area contributed by atoms with Crippen LogP contribution in [-0.4, -0.2) is 57.0 Å². The summed E-state index contributed by atoms with van der Waals surface area (Å²) < 4.78 is 29.1. The minimum atomic E-state index is -0.440. The third-order valence-corrected chi connectivity index (χ3v) is 5.99. The van der Waals surface area contributed by atoms with Crippen LogP contribution in [0.15, 0.2) is 18.2 Å². The van der Waals surface area contributed by atoms with Crippen molar-refractivity contribution in [2.45, 2.75) is 52.2 Å². The van der Waals surface area contributed by atoms with Gasteiger partial charge >= 0.3 is 5.97 Å². The summed E-state index contributed by atoms with van der Waals surface area (Å²) in [5.74, 6) is 0.893. The normalized spacial score (nSPS) is 15.4. The third kappa shape index (κ3) is 5.87. The highest BCUT2D eigenvalue weighted by atomic mass is 16.5. The second kappa shape index (κ2) is 11.2. The van der Waals surface area contributed by atoms with Gasteiger partial charge in [0.1, 0.15) is 0 Å². The van der Waals surface area contributed by atoms with E-state index in [0.717, 1.165) is 42.9 Å². The molecule has 2 aromatic rings. The second-order valence-corrected chi connectivity index (χ2v) is 8.15. The largest absolute Gasteiger partial charge is 0.493 e. The summed E-state index contributed by atoms with van der Waals surface area (Å²) in [6.45, 7) is 5.14. The van der Waals surface area contributed by atoms with Gasteiger partial charge in [-0.25, -0.2) is 0 Å². The zero-order valence-corrected chi connectivity index (χ0v) is 20.1. The molecule has 8 nitrogen and oxygen atoms in total. The van der Waals surface area contributed by atoms with Crippen LogP contribution in [0.4, 0.5) is 0 Å². The molecule has 0 N–H and O–H groups in total. The summed E-state index contributed by atoms with van der Waals surface area (Å²) in [7, 11) is 4.62. The number of esters is 1. The van der Waals surface area contributed by atoms with Gasteiger partial charge in [0.25, 0.3) is 0 Å². The molecule has 0 amide bonds. The molecule has 0 saturated carbocycles. The lowest BCUT2D eigenvalue weighted by molar-refractivity contribution is -0.142. The summed E-state index contributed by atoms with van der Waals surface area (Å²) in [4.78, 5) is 25.0. The Balaban J connectivity index is 1.55. The van der Waals surface area contributed by atoms with E-state index in [9.17, 15) is 9.59 Å². The first-order valence-corrected chi connectivity index (χ1v) is 11.1. The van der Waals surface area contributed by atoms with E-state index in [1.54, 1.807) is 26.4 Å². The van der Waals surface area contributed by atoms with Crippen LogP contribution in [0.1, 0.15) is 46.6 Å². The lowest BCUT2D eigenvalue weighted by Crippen LogP contribution is -2.18. The number of nitrogens with zero attached hydrogens (tertiary/aromatic N) is 1. The predicted octanol–water partition coefficient (Wildman–Crippen LogP) is 3.67. The summed E-state index contributed by atoms with van der Waals surface area (Å²) >= 11 is 0. The molecule has 1 aliphatic heterocycles. The minimum absolute atomic E-state index is 0.129. The molecule has 1 saturated heterocycles. The van der Waals surface area contributed by atoms with Crippen LogP contribution in [0.5, 0.6) is 17.2 Å². The Kier molecular flexibility index (Phi) is 8.38. The first-order chi connectivity index (χ1) is 15.9. The quantitative estimate of drug-likeness (QED) is 0.374. The fourth-order valence-corrected chi connectivity index (χ4v) is 4.18. The predicted molar refractivity (Wildman–Crippen MR) is 123 cm³/mol. The molecule has 0 aliphatic carbocycles. The standard InChI is InChI=1S/C25H33NO7/c1-16-11-20(17(2)26(16)14-19-7-6-10-32-19)21(27)15-33-24(28)9-8-18-12-22(29-3)25(31-5)23(13-18)30-4/h11-13,19H,6-10,14-15H2,1-5H3. The summed E-state index contributed by atoms with van der Waals surface area (Å²) in [5.41, 5.74) is 3.30. The Hall–Kier alpha value is -3.00. The Bertz CT molecular complexity index is 964. The number of methoxy groups -OCH3 is 3. The number of aromatic nitrogens is 1. The average Bonchev–Trinajstić information content (AvgIpc) is 3.44. The van der Waals surface area contributed by atoms with Gasteiger partial charge in [-0.3, -0.25) is 9.59 Å². The topological polar surface area (TPSA) is 85.2 Å². The van der Waals surface area contributed by atoms with Crippen LogP contribution >= 0.6 is 0 Å². The maximum atomic E-state index is 12.7. The smallest absolute Gasteiger partial charge is 0.306 e. The number of benzene rings is 1. The molecule has 1 aliphatic rings. The van der Waals surface area contributed by atoms with Crippen molar-refractivity contribution in [1.29, 1.82) is 0 Å². The highest BCUT2D eigenvalue weighted by Crippen LogP contribution is 2.38. The number of carbonyl (C=O) groups excluding carboxylic acids is 2. The number of Topliss-reactive ketones (excluding diaryl/α,β-unsaturated/α-hetero) is 1. The van der Waals surface area contributed by atoms with Gasteiger partial charge < -0.3 is 28.3 Å². The first-order valence-electron chi connectivity index (χ1n) is 11.1. The van der Waals surface area contributed by atoms with Crippen LogP contribution in [0.3, 0.4) is 0 Å². The number of ketones is 1. The van der Waals surface area contributed by atoms with Crippen LogP contribution in [-0.2, 0) is 27.2 Å². The van der Waals surface area contributed by atoms with Crippen LogP contribution in [0.25, 0.3) is 0 Å². The summed E-state index contributed by atoms with van der Waals surface area (Å²) in [5, 5.41) is 0. The Morgan fingerprint density at radius 3 is 2.33 bits per heavy atom. The Morgan fingerprint density at radius 1 is 1.06 bits per heavy atom. The molecule has 1 aromatic carbocycles. The van der Waals surface area contributed by atoms with Crippen molar-refractivity contribution in [1.82, 2.24) is 4.57 Å². The van der Waals surface area contributed by atoms with E-state index in [2.05, 4.69) is 4.57 Å². The summed E-state index contributed by atoms with van der Waals surface area (Å²) in [6.07, 6.45) is 2.83. The van der Waals surface area contributed by atoms with E-state index >= 15 is 0 Å². The lowest BCUT2D eigenvalue weighted by atomic mass is 10.1. The number of aryl methyl sites for hydroxylation is 2. The van der Waals surface area contributed by atoms with Gasteiger partial charge in [-0.15, -0.1) is 0 Å². The van der Waals surface area contributed by atoms with Gasteiger partial charge in [-0.05, 0) is 56.9 Å². The molecule has 1 unspecified atom stereocenters. The molecule has 0 radical (unpaired) electrons. The molecule has 3 rings (SSSR count).